The molecule has 0 atom stereocenters. The van der Waals surface area contributed by atoms with Crippen LogP contribution in [-0.2, 0) is 29.0 Å². The van der Waals surface area contributed by atoms with E-state index in [0.717, 1.165) is 21.2 Å². The van der Waals surface area contributed by atoms with Crippen LogP contribution in [0.4, 0.5) is 0 Å². The fourth-order valence-corrected chi connectivity index (χ4v) is 3.14. The van der Waals surface area contributed by atoms with E-state index >= 15 is 0 Å². The van der Waals surface area contributed by atoms with E-state index < -0.39 is 5.97 Å². The molecule has 112 valence electrons. The summed E-state index contributed by atoms with van der Waals surface area (Å²) in [6.45, 7) is 0.324. The van der Waals surface area contributed by atoms with E-state index in [-0.39, 0.29) is 6.42 Å². The molecule has 0 aliphatic rings. The number of hydrogen-bond donors (Lipinski definition) is 1. The molecule has 2 aromatic rings. The van der Waals surface area contributed by atoms with Gasteiger partial charge >= 0.3 is 5.97 Å². The van der Waals surface area contributed by atoms with Crippen LogP contribution in [0.25, 0.3) is 0 Å². The molecule has 0 aliphatic carbocycles. The van der Waals surface area contributed by atoms with Crippen LogP contribution >= 0.6 is 11.3 Å². The monoisotopic (exact) mass is 307 g/mol. The Bertz CT molecular complexity index is 624. The number of methoxy groups -OCH3 is 2. The Hall–Kier alpha value is -1.92. The predicted molar refractivity (Wildman–Crippen MR) is 80.0 cm³/mol. The highest BCUT2D eigenvalue weighted by molar-refractivity contribution is 7.11. The Kier molecular flexibility index (Phi) is 5.30. The van der Waals surface area contributed by atoms with Gasteiger partial charge in [-0.05, 0) is 6.07 Å². The van der Waals surface area contributed by atoms with Crippen molar-refractivity contribution in [2.45, 2.75) is 19.4 Å². The van der Waals surface area contributed by atoms with Gasteiger partial charge < -0.3 is 14.6 Å². The number of thiazole rings is 1. The molecule has 0 saturated carbocycles. The summed E-state index contributed by atoms with van der Waals surface area (Å²) in [5, 5.41) is 9.82. The minimum absolute atomic E-state index is 0.0255. The molecule has 0 spiro atoms. The van der Waals surface area contributed by atoms with Crippen molar-refractivity contribution in [2.75, 3.05) is 14.2 Å². The lowest BCUT2D eigenvalue weighted by atomic mass is 10.1. The molecule has 0 aliphatic heterocycles. The van der Waals surface area contributed by atoms with Gasteiger partial charge in [0, 0.05) is 24.0 Å². The molecule has 5 nitrogen and oxygen atoms in total. The lowest BCUT2D eigenvalue weighted by molar-refractivity contribution is -0.136. The van der Waals surface area contributed by atoms with Gasteiger partial charge in [-0.1, -0.05) is 18.2 Å². The average molecular weight is 307 g/mol. The lowest BCUT2D eigenvalue weighted by Gasteiger charge is -2.05. The molecule has 1 N–H and O–H groups in total. The standard InChI is InChI=1S/C15H17NO4S/c1-19-9-11-13(8-15(17)18)21-14(16-11)7-10-5-3-4-6-12(10)20-2/h3-6H,7-9H2,1-2H3,(H,17,18). The molecule has 0 unspecified atom stereocenters. The Morgan fingerprint density at radius 1 is 1.33 bits per heavy atom. The molecule has 21 heavy (non-hydrogen) atoms. The van der Waals surface area contributed by atoms with Crippen molar-refractivity contribution in [1.29, 1.82) is 0 Å². The summed E-state index contributed by atoms with van der Waals surface area (Å²) >= 11 is 1.41. The zero-order valence-electron chi connectivity index (χ0n) is 12.0. The number of ether oxygens (including phenoxy) is 2. The van der Waals surface area contributed by atoms with E-state index in [2.05, 4.69) is 4.98 Å². The maximum atomic E-state index is 10.9. The second-order valence-electron chi connectivity index (χ2n) is 4.47. The first-order valence-corrected chi connectivity index (χ1v) is 7.25. The van der Waals surface area contributed by atoms with Gasteiger partial charge in [-0.15, -0.1) is 11.3 Å². The average Bonchev–Trinajstić information content (AvgIpc) is 2.81. The minimum Gasteiger partial charge on any atom is -0.496 e. The molecule has 1 heterocycles. The normalized spacial score (nSPS) is 10.6. The van der Waals surface area contributed by atoms with Crippen molar-refractivity contribution in [3.63, 3.8) is 0 Å². The number of aliphatic carboxylic acids is 1. The van der Waals surface area contributed by atoms with E-state index in [9.17, 15) is 4.79 Å². The van der Waals surface area contributed by atoms with E-state index in [0.29, 0.717) is 18.7 Å². The zero-order valence-corrected chi connectivity index (χ0v) is 12.8. The van der Waals surface area contributed by atoms with Crippen LogP contribution in [0.1, 0.15) is 21.1 Å². The Labute approximate surface area is 127 Å². The summed E-state index contributed by atoms with van der Waals surface area (Å²) in [6, 6.07) is 7.74. The molecule has 6 heteroatoms. The van der Waals surface area contributed by atoms with Crippen molar-refractivity contribution >= 4 is 17.3 Å². The van der Waals surface area contributed by atoms with Gasteiger partial charge in [-0.3, -0.25) is 4.79 Å². The Morgan fingerprint density at radius 2 is 2.10 bits per heavy atom. The number of para-hydroxylation sites is 1. The van der Waals surface area contributed by atoms with Crippen molar-refractivity contribution in [2.24, 2.45) is 0 Å². The zero-order chi connectivity index (χ0) is 15.2. The lowest BCUT2D eigenvalue weighted by Crippen LogP contribution is -2.02. The van der Waals surface area contributed by atoms with Gasteiger partial charge in [0.2, 0.25) is 0 Å². The van der Waals surface area contributed by atoms with Crippen molar-refractivity contribution < 1.29 is 19.4 Å². The third-order valence-corrected chi connectivity index (χ3v) is 4.05. The highest BCUT2D eigenvalue weighted by Crippen LogP contribution is 2.26. The van der Waals surface area contributed by atoms with Crippen molar-refractivity contribution in [3.05, 3.63) is 45.4 Å². The highest BCUT2D eigenvalue weighted by Gasteiger charge is 2.15. The van der Waals surface area contributed by atoms with E-state index in [1.54, 1.807) is 14.2 Å². The van der Waals surface area contributed by atoms with Gasteiger partial charge in [-0.2, -0.15) is 0 Å². The van der Waals surface area contributed by atoms with Crippen molar-refractivity contribution in [1.82, 2.24) is 4.98 Å². The number of carboxylic acids is 1. The number of carbonyl (C=O) groups is 1. The molecular formula is C15H17NO4S. The molecule has 0 saturated heterocycles. The van der Waals surface area contributed by atoms with Crippen molar-refractivity contribution in [3.8, 4) is 5.75 Å². The maximum absolute atomic E-state index is 10.9. The van der Waals surface area contributed by atoms with Crippen LogP contribution in [0.5, 0.6) is 5.75 Å². The van der Waals surface area contributed by atoms with Gasteiger partial charge in [0.05, 0.1) is 30.8 Å². The summed E-state index contributed by atoms with van der Waals surface area (Å²) in [4.78, 5) is 16.2. The summed E-state index contributed by atoms with van der Waals surface area (Å²) in [7, 11) is 3.21. The van der Waals surface area contributed by atoms with E-state index in [1.165, 1.54) is 11.3 Å². The van der Waals surface area contributed by atoms with Crippen LogP contribution in [0.2, 0.25) is 0 Å². The highest BCUT2D eigenvalue weighted by atomic mass is 32.1. The number of benzene rings is 1. The molecule has 1 aromatic carbocycles. The molecule has 1 aromatic heterocycles. The van der Waals surface area contributed by atoms with Crippen LogP contribution < -0.4 is 4.74 Å². The van der Waals surface area contributed by atoms with Gasteiger partial charge in [0.15, 0.2) is 0 Å². The van der Waals surface area contributed by atoms with Gasteiger partial charge in [0.1, 0.15) is 5.75 Å². The summed E-state index contributed by atoms with van der Waals surface area (Å²) in [5.74, 6) is -0.0550. The third-order valence-electron chi connectivity index (χ3n) is 2.95. The number of hydrogen-bond acceptors (Lipinski definition) is 5. The largest absolute Gasteiger partial charge is 0.496 e. The first kappa shape index (κ1) is 15.5. The number of rotatable bonds is 7. The van der Waals surface area contributed by atoms with E-state index in [4.69, 9.17) is 14.6 Å². The fourth-order valence-electron chi connectivity index (χ4n) is 2.05. The molecule has 0 amide bonds. The minimum atomic E-state index is -0.861. The smallest absolute Gasteiger partial charge is 0.308 e. The summed E-state index contributed by atoms with van der Waals surface area (Å²) in [6.07, 6.45) is 0.591. The second-order valence-corrected chi connectivity index (χ2v) is 5.64. The molecule has 0 fully saturated rings. The Balaban J connectivity index is 2.25. The van der Waals surface area contributed by atoms with Crippen LogP contribution in [-0.4, -0.2) is 30.3 Å². The summed E-state index contributed by atoms with van der Waals surface area (Å²) < 4.78 is 10.4. The van der Waals surface area contributed by atoms with Crippen LogP contribution in [0.15, 0.2) is 24.3 Å². The topological polar surface area (TPSA) is 68.7 Å². The molecule has 0 bridgehead atoms. The molecule has 2 rings (SSSR count). The maximum Gasteiger partial charge on any atom is 0.308 e. The predicted octanol–water partition coefficient (Wildman–Crippen LogP) is 2.52. The fraction of sp³-hybridized carbons (Fsp3) is 0.333. The molecule has 0 radical (unpaired) electrons. The first-order chi connectivity index (χ1) is 10.1. The number of aromatic nitrogens is 1. The second kappa shape index (κ2) is 7.19. The van der Waals surface area contributed by atoms with Gasteiger partial charge in [-0.25, -0.2) is 4.98 Å². The van der Waals surface area contributed by atoms with E-state index in [1.807, 2.05) is 24.3 Å². The number of carboxylic acid groups (broad SMARTS) is 1. The Morgan fingerprint density at radius 3 is 2.76 bits per heavy atom. The SMILES string of the molecule is COCc1nc(Cc2ccccc2OC)sc1CC(=O)O. The summed E-state index contributed by atoms with van der Waals surface area (Å²) in [5.41, 5.74) is 1.73. The third kappa shape index (κ3) is 4.03. The van der Waals surface area contributed by atoms with Crippen LogP contribution in [0.3, 0.4) is 0 Å². The van der Waals surface area contributed by atoms with Gasteiger partial charge in [0.25, 0.3) is 0 Å². The quantitative estimate of drug-likeness (QED) is 0.851. The first-order valence-electron chi connectivity index (χ1n) is 6.44. The molecular weight excluding hydrogens is 290 g/mol. The number of nitrogens with zero attached hydrogens (tertiary/aromatic N) is 1. The van der Waals surface area contributed by atoms with Crippen LogP contribution in [0, 0.1) is 0 Å².